The van der Waals surface area contributed by atoms with Crippen molar-refractivity contribution in [2.75, 3.05) is 6.61 Å². The Labute approximate surface area is 115 Å². The third-order valence-corrected chi connectivity index (χ3v) is 3.24. The molecule has 1 N–H and O–H groups in total. The van der Waals surface area contributed by atoms with Gasteiger partial charge in [-0.1, -0.05) is 11.6 Å². The molecule has 0 saturated heterocycles. The van der Waals surface area contributed by atoms with Crippen molar-refractivity contribution in [3.63, 3.8) is 0 Å². The number of rotatable bonds is 6. The fourth-order valence-electron chi connectivity index (χ4n) is 1.83. The van der Waals surface area contributed by atoms with Crippen LogP contribution >= 0.6 is 11.6 Å². The lowest BCUT2D eigenvalue weighted by atomic mass is 9.88. The van der Waals surface area contributed by atoms with E-state index in [9.17, 15) is 9.59 Å². The third-order valence-electron chi connectivity index (χ3n) is 2.99. The number of carbonyl (C=O) groups excluding carboxylic acids is 2. The molecule has 1 amide bonds. The molecule has 1 fully saturated rings. The van der Waals surface area contributed by atoms with E-state index in [2.05, 4.69) is 5.32 Å². The summed E-state index contributed by atoms with van der Waals surface area (Å²) < 4.78 is 10.2. The Hall–Kier alpha value is -1.75. The maximum atomic E-state index is 11.7. The number of amides is 1. The summed E-state index contributed by atoms with van der Waals surface area (Å²) in [6, 6.07) is 6.71. The van der Waals surface area contributed by atoms with Crippen LogP contribution < -0.4 is 10.1 Å². The van der Waals surface area contributed by atoms with Crippen LogP contribution in [0.4, 0.5) is 0 Å². The first kappa shape index (κ1) is 13.7. The van der Waals surface area contributed by atoms with Gasteiger partial charge in [0.1, 0.15) is 5.75 Å². The molecule has 0 bridgehead atoms. The van der Waals surface area contributed by atoms with Crippen LogP contribution in [0.3, 0.4) is 0 Å². The Balaban J connectivity index is 1.81. The van der Waals surface area contributed by atoms with Crippen LogP contribution in [-0.4, -0.2) is 24.7 Å². The summed E-state index contributed by atoms with van der Waals surface area (Å²) in [6.07, 6.45) is 2.20. The summed E-state index contributed by atoms with van der Waals surface area (Å²) in [6.45, 7) is 0.227. The predicted octanol–water partition coefficient (Wildman–Crippen LogP) is 1.89. The zero-order valence-electron chi connectivity index (χ0n) is 10.2. The Bertz CT molecular complexity index is 456. The van der Waals surface area contributed by atoms with Gasteiger partial charge in [0.05, 0.1) is 0 Å². The minimum atomic E-state index is -0.831. The molecule has 0 unspecified atom stereocenters. The van der Waals surface area contributed by atoms with E-state index in [1.54, 1.807) is 24.3 Å². The van der Waals surface area contributed by atoms with Gasteiger partial charge < -0.3 is 14.8 Å². The lowest BCUT2D eigenvalue weighted by Crippen LogP contribution is -2.56. The van der Waals surface area contributed by atoms with Crippen LogP contribution in [0, 0.1) is 0 Å². The Morgan fingerprint density at radius 1 is 1.37 bits per heavy atom. The van der Waals surface area contributed by atoms with Crippen molar-refractivity contribution in [1.29, 1.82) is 0 Å². The van der Waals surface area contributed by atoms with Gasteiger partial charge in [0.2, 0.25) is 0 Å². The van der Waals surface area contributed by atoms with Crippen LogP contribution in [0.25, 0.3) is 0 Å². The third kappa shape index (κ3) is 3.61. The van der Waals surface area contributed by atoms with Gasteiger partial charge in [-0.05, 0) is 30.7 Å². The molecule has 0 radical (unpaired) electrons. The van der Waals surface area contributed by atoms with E-state index in [1.807, 2.05) is 0 Å². The van der Waals surface area contributed by atoms with Crippen LogP contribution in [0.15, 0.2) is 24.3 Å². The van der Waals surface area contributed by atoms with E-state index in [1.165, 1.54) is 0 Å². The smallest absolute Gasteiger partial charge is 0.295 e. The number of ether oxygens (including phenoxy) is 2. The molecule has 1 saturated carbocycles. The van der Waals surface area contributed by atoms with Gasteiger partial charge in [-0.2, -0.15) is 0 Å². The van der Waals surface area contributed by atoms with Crippen LogP contribution in [0.5, 0.6) is 5.75 Å². The second kappa shape index (κ2) is 5.93. The number of halogens is 1. The molecule has 0 atom stereocenters. The molecule has 0 spiro atoms. The van der Waals surface area contributed by atoms with Gasteiger partial charge in [0.25, 0.3) is 12.4 Å². The van der Waals surface area contributed by atoms with Gasteiger partial charge in [-0.15, -0.1) is 0 Å². The van der Waals surface area contributed by atoms with Gasteiger partial charge in [0, 0.05) is 17.9 Å². The van der Waals surface area contributed by atoms with E-state index in [0.717, 1.165) is 6.42 Å². The van der Waals surface area contributed by atoms with E-state index in [4.69, 9.17) is 21.1 Å². The number of benzene rings is 1. The lowest BCUT2D eigenvalue weighted by Gasteiger charge is -2.39. The second-order valence-corrected chi connectivity index (χ2v) is 4.79. The quantitative estimate of drug-likeness (QED) is 0.640. The summed E-state index contributed by atoms with van der Waals surface area (Å²) in [4.78, 5) is 22.1. The fourth-order valence-corrected chi connectivity index (χ4v) is 1.96. The van der Waals surface area contributed by atoms with Crippen molar-refractivity contribution < 1.29 is 19.1 Å². The minimum absolute atomic E-state index is 0.133. The van der Waals surface area contributed by atoms with Crippen molar-refractivity contribution >= 4 is 24.0 Å². The number of hydrogen-bond donors (Lipinski definition) is 1. The SMILES string of the molecule is O=COC1(NC(=O)COc2ccc(Cl)cc2)CCC1. The molecule has 102 valence electrons. The first-order chi connectivity index (χ1) is 9.13. The highest BCUT2D eigenvalue weighted by Crippen LogP contribution is 2.32. The Kier molecular flexibility index (Phi) is 4.27. The van der Waals surface area contributed by atoms with Crippen LogP contribution in [0.1, 0.15) is 19.3 Å². The molecule has 0 aliphatic heterocycles. The van der Waals surface area contributed by atoms with Crippen molar-refractivity contribution in [3.8, 4) is 5.75 Å². The summed E-state index contributed by atoms with van der Waals surface area (Å²) in [7, 11) is 0. The maximum Gasteiger partial charge on any atom is 0.295 e. The highest BCUT2D eigenvalue weighted by Gasteiger charge is 2.40. The van der Waals surface area contributed by atoms with Crippen molar-refractivity contribution in [2.45, 2.75) is 25.0 Å². The highest BCUT2D eigenvalue weighted by molar-refractivity contribution is 6.30. The van der Waals surface area contributed by atoms with Gasteiger partial charge in [0.15, 0.2) is 12.3 Å². The summed E-state index contributed by atoms with van der Waals surface area (Å²) in [5.41, 5.74) is -0.831. The number of carbonyl (C=O) groups is 2. The molecule has 0 heterocycles. The van der Waals surface area contributed by atoms with E-state index < -0.39 is 5.72 Å². The Morgan fingerprint density at radius 3 is 2.58 bits per heavy atom. The normalized spacial score (nSPS) is 16.1. The van der Waals surface area contributed by atoms with E-state index in [0.29, 0.717) is 30.1 Å². The molecule has 19 heavy (non-hydrogen) atoms. The average molecular weight is 284 g/mol. The van der Waals surface area contributed by atoms with Gasteiger partial charge in [-0.3, -0.25) is 9.59 Å². The molecular weight excluding hydrogens is 270 g/mol. The molecule has 1 aliphatic rings. The lowest BCUT2D eigenvalue weighted by molar-refractivity contribution is -0.164. The zero-order valence-corrected chi connectivity index (χ0v) is 11.0. The average Bonchev–Trinajstić information content (AvgIpc) is 2.36. The predicted molar refractivity (Wildman–Crippen MR) is 68.8 cm³/mol. The van der Waals surface area contributed by atoms with Gasteiger partial charge in [-0.25, -0.2) is 0 Å². The summed E-state index contributed by atoms with van der Waals surface area (Å²) in [5.74, 6) is 0.231. The second-order valence-electron chi connectivity index (χ2n) is 4.35. The van der Waals surface area contributed by atoms with Crippen molar-refractivity contribution in [2.24, 2.45) is 0 Å². The maximum absolute atomic E-state index is 11.7. The molecule has 6 heteroatoms. The Morgan fingerprint density at radius 2 is 2.05 bits per heavy atom. The summed E-state index contributed by atoms with van der Waals surface area (Å²) in [5, 5.41) is 3.27. The first-order valence-electron chi connectivity index (χ1n) is 5.94. The molecule has 2 rings (SSSR count). The zero-order chi connectivity index (χ0) is 13.7. The fraction of sp³-hybridized carbons (Fsp3) is 0.385. The largest absolute Gasteiger partial charge is 0.484 e. The molecule has 5 nitrogen and oxygen atoms in total. The van der Waals surface area contributed by atoms with Crippen molar-refractivity contribution in [1.82, 2.24) is 5.32 Å². The molecule has 1 aliphatic carbocycles. The number of hydrogen-bond acceptors (Lipinski definition) is 4. The van der Waals surface area contributed by atoms with Crippen LogP contribution in [-0.2, 0) is 14.3 Å². The molecule has 1 aromatic rings. The monoisotopic (exact) mass is 283 g/mol. The summed E-state index contributed by atoms with van der Waals surface area (Å²) >= 11 is 5.74. The molecule has 0 aromatic heterocycles. The topological polar surface area (TPSA) is 64.6 Å². The van der Waals surface area contributed by atoms with Crippen molar-refractivity contribution in [3.05, 3.63) is 29.3 Å². The molecular formula is C13H14ClNO4. The van der Waals surface area contributed by atoms with Crippen LogP contribution in [0.2, 0.25) is 5.02 Å². The van der Waals surface area contributed by atoms with Gasteiger partial charge >= 0.3 is 0 Å². The van der Waals surface area contributed by atoms with E-state index in [-0.39, 0.29) is 12.5 Å². The standard InChI is InChI=1S/C13H14ClNO4/c14-10-2-4-11(5-3-10)18-8-12(17)15-13(19-9-16)6-1-7-13/h2-5,9H,1,6-8H2,(H,15,17). The van der Waals surface area contributed by atoms with E-state index >= 15 is 0 Å². The highest BCUT2D eigenvalue weighted by atomic mass is 35.5. The first-order valence-corrected chi connectivity index (χ1v) is 6.32. The minimum Gasteiger partial charge on any atom is -0.484 e. The molecule has 1 aromatic carbocycles. The number of nitrogens with one attached hydrogen (secondary N) is 1.